The van der Waals surface area contributed by atoms with Gasteiger partial charge in [-0.2, -0.15) is 0 Å². The molecule has 7 heteroatoms. The van der Waals surface area contributed by atoms with Gasteiger partial charge >= 0.3 is 0 Å². The van der Waals surface area contributed by atoms with Gasteiger partial charge in [-0.1, -0.05) is 19.8 Å². The molecule has 0 radical (unpaired) electrons. The SMILES string of the molecule is CC1CCCC(NC(=O)CN2CCN(Cc3cc(=O)c(O)co3)CC2)C1. The highest BCUT2D eigenvalue weighted by Crippen LogP contribution is 2.23. The fourth-order valence-electron chi connectivity index (χ4n) is 3.89. The van der Waals surface area contributed by atoms with Crippen molar-refractivity contribution < 1.29 is 14.3 Å². The van der Waals surface area contributed by atoms with Gasteiger partial charge in [-0.3, -0.25) is 19.4 Å². The lowest BCUT2D eigenvalue weighted by Gasteiger charge is -2.34. The van der Waals surface area contributed by atoms with Crippen molar-refractivity contribution in [1.82, 2.24) is 15.1 Å². The summed E-state index contributed by atoms with van der Waals surface area (Å²) < 4.78 is 5.26. The van der Waals surface area contributed by atoms with Gasteiger partial charge in [0.15, 0.2) is 5.75 Å². The van der Waals surface area contributed by atoms with Crippen LogP contribution in [-0.2, 0) is 11.3 Å². The summed E-state index contributed by atoms with van der Waals surface area (Å²) in [6.45, 7) is 6.51. The molecule has 2 aliphatic rings. The normalized spacial score (nSPS) is 25.1. The third-order valence-corrected chi connectivity index (χ3v) is 5.38. The highest BCUT2D eigenvalue weighted by molar-refractivity contribution is 5.78. The van der Waals surface area contributed by atoms with Crippen LogP contribution in [0.15, 0.2) is 21.5 Å². The summed E-state index contributed by atoms with van der Waals surface area (Å²) >= 11 is 0. The van der Waals surface area contributed by atoms with Crippen LogP contribution in [0.5, 0.6) is 5.75 Å². The van der Waals surface area contributed by atoms with Crippen molar-refractivity contribution in [1.29, 1.82) is 0 Å². The average Bonchev–Trinajstić information content (AvgIpc) is 2.60. The second kappa shape index (κ2) is 8.68. The van der Waals surface area contributed by atoms with E-state index in [4.69, 9.17) is 4.42 Å². The summed E-state index contributed by atoms with van der Waals surface area (Å²) in [5.74, 6) is 1.02. The first-order valence-corrected chi connectivity index (χ1v) is 9.54. The van der Waals surface area contributed by atoms with Crippen molar-refractivity contribution in [2.24, 2.45) is 5.92 Å². The molecule has 1 aromatic heterocycles. The Kier molecular flexibility index (Phi) is 6.32. The zero-order chi connectivity index (χ0) is 18.5. The lowest BCUT2D eigenvalue weighted by molar-refractivity contribution is -0.123. The number of rotatable bonds is 5. The van der Waals surface area contributed by atoms with Crippen LogP contribution in [0, 0.1) is 5.92 Å². The quantitative estimate of drug-likeness (QED) is 0.816. The van der Waals surface area contributed by atoms with E-state index in [2.05, 4.69) is 22.0 Å². The topological polar surface area (TPSA) is 86.0 Å². The van der Waals surface area contributed by atoms with Crippen molar-refractivity contribution in [3.63, 3.8) is 0 Å². The maximum atomic E-state index is 12.3. The van der Waals surface area contributed by atoms with Crippen LogP contribution in [0.3, 0.4) is 0 Å². The van der Waals surface area contributed by atoms with Crippen LogP contribution < -0.4 is 10.7 Å². The van der Waals surface area contributed by atoms with E-state index in [1.807, 2.05) is 0 Å². The lowest BCUT2D eigenvalue weighted by Crippen LogP contribution is -2.50. The molecule has 7 nitrogen and oxygen atoms in total. The van der Waals surface area contributed by atoms with E-state index in [0.29, 0.717) is 30.8 Å². The fraction of sp³-hybridized carbons (Fsp3) is 0.684. The molecule has 0 bridgehead atoms. The Morgan fingerprint density at radius 3 is 2.69 bits per heavy atom. The van der Waals surface area contributed by atoms with Gasteiger partial charge in [0.25, 0.3) is 0 Å². The molecule has 2 N–H and O–H groups in total. The molecule has 0 spiro atoms. The number of carbonyl (C=O) groups excluding carboxylic acids is 1. The van der Waals surface area contributed by atoms with Gasteiger partial charge in [0.2, 0.25) is 11.3 Å². The van der Waals surface area contributed by atoms with Crippen LogP contribution in [-0.4, -0.2) is 59.6 Å². The molecule has 1 saturated carbocycles. The molecular weight excluding hydrogens is 334 g/mol. The highest BCUT2D eigenvalue weighted by atomic mass is 16.4. The van der Waals surface area contributed by atoms with Crippen molar-refractivity contribution in [3.8, 4) is 5.75 Å². The third kappa shape index (κ3) is 5.32. The van der Waals surface area contributed by atoms with Gasteiger partial charge in [-0.15, -0.1) is 0 Å². The molecule has 2 fully saturated rings. The molecule has 1 saturated heterocycles. The average molecular weight is 363 g/mol. The number of carbonyl (C=O) groups is 1. The lowest BCUT2D eigenvalue weighted by atomic mass is 9.87. The summed E-state index contributed by atoms with van der Waals surface area (Å²) in [7, 11) is 0. The maximum absolute atomic E-state index is 12.3. The molecule has 0 aromatic carbocycles. The van der Waals surface area contributed by atoms with E-state index in [0.717, 1.165) is 45.3 Å². The summed E-state index contributed by atoms with van der Waals surface area (Å²) in [4.78, 5) is 28.1. The minimum atomic E-state index is -0.418. The van der Waals surface area contributed by atoms with Crippen LogP contribution in [0.4, 0.5) is 0 Å². The largest absolute Gasteiger partial charge is 0.502 e. The van der Waals surface area contributed by atoms with Crippen LogP contribution in [0.1, 0.15) is 38.4 Å². The molecule has 1 aliphatic carbocycles. The molecule has 2 atom stereocenters. The minimum absolute atomic E-state index is 0.127. The molecular formula is C19H29N3O4. The van der Waals surface area contributed by atoms with Crippen molar-refractivity contribution in [2.75, 3.05) is 32.7 Å². The summed E-state index contributed by atoms with van der Waals surface area (Å²) in [6.07, 6.45) is 5.76. The number of piperazine rings is 1. The first kappa shape index (κ1) is 18.9. The van der Waals surface area contributed by atoms with Crippen molar-refractivity contribution in [2.45, 2.75) is 45.2 Å². The Labute approximate surface area is 154 Å². The van der Waals surface area contributed by atoms with Gasteiger partial charge in [0.05, 0.1) is 13.1 Å². The molecule has 3 rings (SSSR count). The molecule has 2 heterocycles. The standard InChI is InChI=1S/C19H29N3O4/c1-14-3-2-4-15(9-14)20-19(25)12-22-7-5-21(6-8-22)11-16-10-17(23)18(24)13-26-16/h10,13-15,24H,2-9,11-12H2,1H3,(H,20,25). The Balaban J connectivity index is 1.39. The number of hydrogen-bond acceptors (Lipinski definition) is 6. The summed E-state index contributed by atoms with van der Waals surface area (Å²) in [6, 6.07) is 1.67. The minimum Gasteiger partial charge on any atom is -0.502 e. The van der Waals surface area contributed by atoms with E-state index in [1.54, 1.807) is 0 Å². The zero-order valence-electron chi connectivity index (χ0n) is 15.4. The Bertz CT molecular complexity index is 667. The summed E-state index contributed by atoms with van der Waals surface area (Å²) in [5.41, 5.74) is -0.418. The third-order valence-electron chi connectivity index (χ3n) is 5.38. The van der Waals surface area contributed by atoms with Gasteiger partial charge in [0.1, 0.15) is 12.0 Å². The Morgan fingerprint density at radius 2 is 2.00 bits per heavy atom. The van der Waals surface area contributed by atoms with Gasteiger partial charge in [0, 0.05) is 38.3 Å². The molecule has 1 aromatic rings. The van der Waals surface area contributed by atoms with E-state index < -0.39 is 5.43 Å². The van der Waals surface area contributed by atoms with Gasteiger partial charge in [-0.25, -0.2) is 0 Å². The highest BCUT2D eigenvalue weighted by Gasteiger charge is 2.23. The Morgan fingerprint density at radius 1 is 1.27 bits per heavy atom. The summed E-state index contributed by atoms with van der Waals surface area (Å²) in [5, 5.41) is 12.4. The van der Waals surface area contributed by atoms with Gasteiger partial charge < -0.3 is 14.8 Å². The van der Waals surface area contributed by atoms with E-state index in [9.17, 15) is 14.7 Å². The monoisotopic (exact) mass is 363 g/mol. The number of nitrogens with zero attached hydrogens (tertiary/aromatic N) is 2. The number of nitrogens with one attached hydrogen (secondary N) is 1. The van der Waals surface area contributed by atoms with E-state index >= 15 is 0 Å². The fourth-order valence-corrected chi connectivity index (χ4v) is 3.89. The number of amides is 1. The molecule has 144 valence electrons. The molecule has 26 heavy (non-hydrogen) atoms. The molecule has 1 aliphatic heterocycles. The maximum Gasteiger partial charge on any atom is 0.234 e. The van der Waals surface area contributed by atoms with E-state index in [-0.39, 0.29) is 11.7 Å². The number of aromatic hydroxyl groups is 1. The van der Waals surface area contributed by atoms with Crippen LogP contribution in [0.25, 0.3) is 0 Å². The number of hydrogen-bond donors (Lipinski definition) is 2. The molecule has 2 unspecified atom stereocenters. The van der Waals surface area contributed by atoms with Gasteiger partial charge in [-0.05, 0) is 18.8 Å². The first-order chi connectivity index (χ1) is 12.5. The predicted octanol–water partition coefficient (Wildman–Crippen LogP) is 1.16. The smallest absolute Gasteiger partial charge is 0.234 e. The second-order valence-electron chi connectivity index (χ2n) is 7.68. The zero-order valence-corrected chi connectivity index (χ0v) is 15.4. The predicted molar refractivity (Wildman–Crippen MR) is 97.9 cm³/mol. The van der Waals surface area contributed by atoms with Crippen LogP contribution >= 0.6 is 0 Å². The first-order valence-electron chi connectivity index (χ1n) is 9.54. The van der Waals surface area contributed by atoms with Crippen molar-refractivity contribution >= 4 is 5.91 Å². The van der Waals surface area contributed by atoms with Crippen LogP contribution in [0.2, 0.25) is 0 Å². The second-order valence-corrected chi connectivity index (χ2v) is 7.68. The van der Waals surface area contributed by atoms with E-state index in [1.165, 1.54) is 18.9 Å². The molecule has 1 amide bonds. The Hall–Kier alpha value is -1.86. The van der Waals surface area contributed by atoms with Crippen molar-refractivity contribution in [3.05, 3.63) is 28.3 Å².